The number of carbonyl (C=O) groups is 1. The summed E-state index contributed by atoms with van der Waals surface area (Å²) in [6, 6.07) is 2.37. The molecule has 0 fully saturated rings. The third-order valence-corrected chi connectivity index (χ3v) is 4.30. The predicted molar refractivity (Wildman–Crippen MR) is 83.2 cm³/mol. The Morgan fingerprint density at radius 3 is 2.81 bits per heavy atom. The van der Waals surface area contributed by atoms with Gasteiger partial charge in [0.15, 0.2) is 0 Å². The van der Waals surface area contributed by atoms with E-state index < -0.39 is 0 Å². The van der Waals surface area contributed by atoms with Gasteiger partial charge < -0.3 is 4.74 Å². The number of carbonyl (C=O) groups excluding carboxylic acids is 1. The third kappa shape index (κ3) is 3.92. The lowest BCUT2D eigenvalue weighted by Crippen LogP contribution is -2.30. The number of ether oxygens (including phenoxy) is 1. The molecule has 0 N–H and O–H groups in total. The van der Waals surface area contributed by atoms with Crippen LogP contribution in [-0.2, 0) is 24.9 Å². The molecule has 0 aliphatic rings. The van der Waals surface area contributed by atoms with Gasteiger partial charge in [0.2, 0.25) is 0 Å². The summed E-state index contributed by atoms with van der Waals surface area (Å²) in [5.41, 5.74) is 2.19. The lowest BCUT2D eigenvalue weighted by Gasteiger charge is -2.26. The van der Waals surface area contributed by atoms with Crippen LogP contribution in [-0.4, -0.2) is 33.8 Å². The van der Waals surface area contributed by atoms with Crippen molar-refractivity contribution in [3.8, 4) is 0 Å². The van der Waals surface area contributed by atoms with E-state index in [1.807, 2.05) is 30.9 Å². The van der Waals surface area contributed by atoms with Gasteiger partial charge in [0.1, 0.15) is 4.88 Å². The summed E-state index contributed by atoms with van der Waals surface area (Å²) < 4.78 is 6.64. The molecule has 0 radical (unpaired) electrons. The van der Waals surface area contributed by atoms with E-state index in [1.165, 1.54) is 24.0 Å². The Morgan fingerprint density at radius 1 is 1.48 bits per heavy atom. The molecule has 114 valence electrons. The SMILES string of the molecule is COC(=O)c1sccc1CN(Cc1cnn(C)c1)C(C)C. The van der Waals surface area contributed by atoms with Gasteiger partial charge in [0.05, 0.1) is 13.3 Å². The standard InChI is InChI=1S/C15H21N3O2S/c1-11(2)18(9-12-7-16-17(3)8-12)10-13-5-6-21-14(13)15(19)20-4/h5-8,11H,9-10H2,1-4H3. The normalized spacial score (nSPS) is 11.3. The van der Waals surface area contributed by atoms with Crippen LogP contribution < -0.4 is 0 Å². The number of methoxy groups -OCH3 is 1. The van der Waals surface area contributed by atoms with Crippen LogP contribution in [0.5, 0.6) is 0 Å². The van der Waals surface area contributed by atoms with Gasteiger partial charge >= 0.3 is 5.97 Å². The van der Waals surface area contributed by atoms with E-state index in [0.717, 1.165) is 18.7 Å². The van der Waals surface area contributed by atoms with Gasteiger partial charge in [0.25, 0.3) is 0 Å². The molecule has 0 aliphatic heterocycles. The van der Waals surface area contributed by atoms with E-state index in [9.17, 15) is 4.79 Å². The smallest absolute Gasteiger partial charge is 0.348 e. The van der Waals surface area contributed by atoms with Gasteiger partial charge in [0, 0.05) is 37.9 Å². The average Bonchev–Trinajstić information content (AvgIpc) is 3.06. The summed E-state index contributed by atoms with van der Waals surface area (Å²) in [5.74, 6) is -0.259. The van der Waals surface area contributed by atoms with E-state index in [1.54, 1.807) is 4.68 Å². The van der Waals surface area contributed by atoms with Crippen LogP contribution in [0, 0.1) is 0 Å². The molecule has 0 aliphatic carbocycles. The quantitative estimate of drug-likeness (QED) is 0.770. The molecule has 0 saturated carbocycles. The molecule has 0 saturated heterocycles. The zero-order valence-corrected chi connectivity index (χ0v) is 13.7. The zero-order valence-electron chi connectivity index (χ0n) is 12.9. The van der Waals surface area contributed by atoms with Gasteiger partial charge in [-0.2, -0.15) is 5.10 Å². The lowest BCUT2D eigenvalue weighted by molar-refractivity contribution is 0.0603. The highest BCUT2D eigenvalue weighted by Gasteiger charge is 2.18. The Bertz CT molecular complexity index is 604. The lowest BCUT2D eigenvalue weighted by atomic mass is 10.2. The summed E-state index contributed by atoms with van der Waals surface area (Å²) in [4.78, 5) is 14.8. The van der Waals surface area contributed by atoms with Gasteiger partial charge in [-0.3, -0.25) is 9.58 Å². The fourth-order valence-electron chi connectivity index (χ4n) is 2.16. The molecule has 5 nitrogen and oxygen atoms in total. The maximum atomic E-state index is 11.8. The third-order valence-electron chi connectivity index (χ3n) is 3.37. The minimum atomic E-state index is -0.259. The predicted octanol–water partition coefficient (Wildman–Crippen LogP) is 2.68. The van der Waals surface area contributed by atoms with Crippen molar-refractivity contribution in [1.82, 2.24) is 14.7 Å². The molecule has 0 bridgehead atoms. The summed E-state index contributed by atoms with van der Waals surface area (Å²) >= 11 is 1.43. The molecular weight excluding hydrogens is 286 g/mol. The second-order valence-electron chi connectivity index (χ2n) is 5.29. The van der Waals surface area contributed by atoms with Crippen LogP contribution in [0.15, 0.2) is 23.8 Å². The Morgan fingerprint density at radius 2 is 2.24 bits per heavy atom. The van der Waals surface area contributed by atoms with Crippen LogP contribution in [0.3, 0.4) is 0 Å². The highest BCUT2D eigenvalue weighted by atomic mass is 32.1. The van der Waals surface area contributed by atoms with Crippen LogP contribution >= 0.6 is 11.3 Å². The highest BCUT2D eigenvalue weighted by Crippen LogP contribution is 2.21. The molecule has 0 spiro atoms. The number of hydrogen-bond donors (Lipinski definition) is 0. The maximum Gasteiger partial charge on any atom is 0.348 e. The molecule has 2 rings (SSSR count). The Labute approximate surface area is 129 Å². The molecule has 2 aromatic rings. The number of thiophene rings is 1. The van der Waals surface area contributed by atoms with E-state index in [0.29, 0.717) is 10.9 Å². The second-order valence-corrected chi connectivity index (χ2v) is 6.20. The van der Waals surface area contributed by atoms with Gasteiger partial charge in [-0.25, -0.2) is 4.79 Å². The Hall–Kier alpha value is -1.66. The Balaban J connectivity index is 2.13. The van der Waals surface area contributed by atoms with Crippen molar-refractivity contribution in [3.63, 3.8) is 0 Å². The molecule has 2 heterocycles. The molecular formula is C15H21N3O2S. The minimum absolute atomic E-state index is 0.259. The molecule has 0 aromatic carbocycles. The highest BCUT2D eigenvalue weighted by molar-refractivity contribution is 7.12. The molecule has 2 aromatic heterocycles. The summed E-state index contributed by atoms with van der Waals surface area (Å²) in [7, 11) is 3.33. The number of nitrogens with zero attached hydrogens (tertiary/aromatic N) is 3. The van der Waals surface area contributed by atoms with Crippen molar-refractivity contribution in [3.05, 3.63) is 39.8 Å². The van der Waals surface area contributed by atoms with Crippen molar-refractivity contribution in [2.24, 2.45) is 7.05 Å². The number of hydrogen-bond acceptors (Lipinski definition) is 5. The second kappa shape index (κ2) is 6.87. The van der Waals surface area contributed by atoms with Crippen molar-refractivity contribution < 1.29 is 9.53 Å². The molecule has 0 atom stereocenters. The van der Waals surface area contributed by atoms with Crippen LogP contribution in [0.2, 0.25) is 0 Å². The number of esters is 1. The first-order chi connectivity index (χ1) is 10.0. The van der Waals surface area contributed by atoms with Gasteiger partial charge in [-0.05, 0) is 30.9 Å². The minimum Gasteiger partial charge on any atom is -0.465 e. The fraction of sp³-hybridized carbons (Fsp3) is 0.467. The van der Waals surface area contributed by atoms with Crippen molar-refractivity contribution in [2.45, 2.75) is 33.0 Å². The summed E-state index contributed by atoms with van der Waals surface area (Å²) in [5, 5.41) is 6.14. The largest absolute Gasteiger partial charge is 0.465 e. The fourth-order valence-corrected chi connectivity index (χ4v) is 2.99. The molecule has 6 heteroatoms. The monoisotopic (exact) mass is 307 g/mol. The first-order valence-corrected chi connectivity index (χ1v) is 7.75. The number of rotatable bonds is 6. The van der Waals surface area contributed by atoms with Crippen molar-refractivity contribution in [2.75, 3.05) is 7.11 Å². The van der Waals surface area contributed by atoms with Crippen molar-refractivity contribution in [1.29, 1.82) is 0 Å². The molecule has 0 amide bonds. The first-order valence-electron chi connectivity index (χ1n) is 6.87. The van der Waals surface area contributed by atoms with Crippen LogP contribution in [0.1, 0.15) is 34.6 Å². The Kier molecular flexibility index (Phi) is 5.14. The summed E-state index contributed by atoms with van der Waals surface area (Å²) in [6.45, 7) is 5.84. The molecule has 21 heavy (non-hydrogen) atoms. The summed E-state index contributed by atoms with van der Waals surface area (Å²) in [6.07, 6.45) is 3.90. The van der Waals surface area contributed by atoms with Gasteiger partial charge in [-0.1, -0.05) is 0 Å². The number of aryl methyl sites for hydroxylation is 1. The van der Waals surface area contributed by atoms with E-state index >= 15 is 0 Å². The zero-order chi connectivity index (χ0) is 15.4. The van der Waals surface area contributed by atoms with E-state index in [2.05, 4.69) is 23.8 Å². The van der Waals surface area contributed by atoms with Crippen LogP contribution in [0.4, 0.5) is 0 Å². The first kappa shape index (κ1) is 15.7. The van der Waals surface area contributed by atoms with Gasteiger partial charge in [-0.15, -0.1) is 11.3 Å². The van der Waals surface area contributed by atoms with E-state index in [-0.39, 0.29) is 5.97 Å². The average molecular weight is 307 g/mol. The maximum absolute atomic E-state index is 11.8. The van der Waals surface area contributed by atoms with Crippen molar-refractivity contribution >= 4 is 17.3 Å². The van der Waals surface area contributed by atoms with E-state index in [4.69, 9.17) is 4.74 Å². The molecule has 0 unspecified atom stereocenters. The topological polar surface area (TPSA) is 47.4 Å². The van der Waals surface area contributed by atoms with Crippen LogP contribution in [0.25, 0.3) is 0 Å². The number of aromatic nitrogens is 2.